The number of pyridine rings is 1. The second kappa shape index (κ2) is 10.9. The van der Waals surface area contributed by atoms with Gasteiger partial charge in [-0.25, -0.2) is 0 Å². The lowest BCUT2D eigenvalue weighted by molar-refractivity contribution is -0.127. The number of methoxy groups -OCH3 is 1. The van der Waals surface area contributed by atoms with Crippen LogP contribution >= 0.6 is 11.8 Å². The van der Waals surface area contributed by atoms with Crippen molar-refractivity contribution in [2.75, 3.05) is 19.0 Å². The number of anilines is 1. The maximum atomic E-state index is 12.8. The molecule has 4 rings (SSSR count). The van der Waals surface area contributed by atoms with Crippen LogP contribution in [0.2, 0.25) is 0 Å². The number of nitrogens with one attached hydrogen (secondary N) is 1. The molecule has 0 atom stereocenters. The first-order valence-electron chi connectivity index (χ1n) is 10.7. The van der Waals surface area contributed by atoms with E-state index in [-0.39, 0.29) is 11.4 Å². The lowest BCUT2D eigenvalue weighted by Crippen LogP contribution is -2.36. The highest BCUT2D eigenvalue weighted by atomic mass is 32.2. The SMILES string of the molecule is COc1cc(/C=C2/SC(=O)N(CC(=O)Nc3ccccc3C)C2=O)ccc1OCc1ccncc1. The van der Waals surface area contributed by atoms with Crippen LogP contribution in [0.25, 0.3) is 6.08 Å². The Hall–Kier alpha value is -4.11. The highest BCUT2D eigenvalue weighted by molar-refractivity contribution is 8.18. The van der Waals surface area contributed by atoms with Crippen LogP contribution in [0.4, 0.5) is 10.5 Å². The molecular formula is C26H23N3O5S. The second-order valence-electron chi connectivity index (χ2n) is 7.69. The van der Waals surface area contributed by atoms with Crippen LogP contribution in [0.1, 0.15) is 16.7 Å². The van der Waals surface area contributed by atoms with Crippen molar-refractivity contribution in [3.05, 3.63) is 88.6 Å². The molecule has 35 heavy (non-hydrogen) atoms. The molecule has 0 bridgehead atoms. The zero-order chi connectivity index (χ0) is 24.8. The number of para-hydroxylation sites is 1. The van der Waals surface area contributed by atoms with E-state index in [1.54, 1.807) is 48.8 Å². The Morgan fingerprint density at radius 2 is 1.86 bits per heavy atom. The van der Waals surface area contributed by atoms with Crippen molar-refractivity contribution in [2.45, 2.75) is 13.5 Å². The van der Waals surface area contributed by atoms with Gasteiger partial charge >= 0.3 is 0 Å². The fourth-order valence-electron chi connectivity index (χ4n) is 3.37. The molecule has 178 valence electrons. The molecule has 0 spiro atoms. The molecule has 8 nitrogen and oxygen atoms in total. The molecular weight excluding hydrogens is 466 g/mol. The molecule has 0 unspecified atom stereocenters. The maximum absolute atomic E-state index is 12.8. The normalized spacial score (nSPS) is 14.3. The van der Waals surface area contributed by atoms with Crippen LogP contribution in [-0.2, 0) is 16.2 Å². The monoisotopic (exact) mass is 489 g/mol. The second-order valence-corrected chi connectivity index (χ2v) is 8.68. The summed E-state index contributed by atoms with van der Waals surface area (Å²) in [6.45, 7) is 1.85. The molecule has 3 amide bonds. The summed E-state index contributed by atoms with van der Waals surface area (Å²) in [5, 5.41) is 2.25. The molecule has 9 heteroatoms. The lowest BCUT2D eigenvalue weighted by atomic mass is 10.2. The third-order valence-corrected chi connectivity index (χ3v) is 6.13. The lowest BCUT2D eigenvalue weighted by Gasteiger charge is -2.13. The third-order valence-electron chi connectivity index (χ3n) is 5.22. The first kappa shape index (κ1) is 24.0. The largest absolute Gasteiger partial charge is 0.493 e. The molecule has 0 radical (unpaired) electrons. The molecule has 1 saturated heterocycles. The van der Waals surface area contributed by atoms with E-state index in [1.807, 2.05) is 31.2 Å². The number of imide groups is 1. The summed E-state index contributed by atoms with van der Waals surface area (Å²) < 4.78 is 11.3. The number of hydrogen-bond donors (Lipinski definition) is 1. The first-order chi connectivity index (χ1) is 16.9. The molecule has 1 fully saturated rings. The van der Waals surface area contributed by atoms with Crippen LogP contribution in [0, 0.1) is 6.92 Å². The summed E-state index contributed by atoms with van der Waals surface area (Å²) >= 11 is 0.794. The summed E-state index contributed by atoms with van der Waals surface area (Å²) in [4.78, 5) is 42.9. The molecule has 1 N–H and O–H groups in total. The van der Waals surface area contributed by atoms with Gasteiger partial charge in [0.1, 0.15) is 13.2 Å². The van der Waals surface area contributed by atoms with Crippen LogP contribution in [0.3, 0.4) is 0 Å². The van der Waals surface area contributed by atoms with Gasteiger partial charge in [-0.05, 0) is 71.8 Å². The van der Waals surface area contributed by atoms with Gasteiger partial charge in [0.2, 0.25) is 5.91 Å². The topological polar surface area (TPSA) is 97.8 Å². The number of amides is 3. The highest BCUT2D eigenvalue weighted by Crippen LogP contribution is 2.34. The van der Waals surface area contributed by atoms with E-state index in [2.05, 4.69) is 10.3 Å². The molecule has 1 aliphatic rings. The van der Waals surface area contributed by atoms with Gasteiger partial charge in [-0.15, -0.1) is 0 Å². The Morgan fingerprint density at radius 1 is 1.09 bits per heavy atom. The molecule has 2 aromatic carbocycles. The van der Waals surface area contributed by atoms with Crippen molar-refractivity contribution in [3.63, 3.8) is 0 Å². The number of nitrogens with zero attached hydrogens (tertiary/aromatic N) is 2. The van der Waals surface area contributed by atoms with Gasteiger partial charge in [0, 0.05) is 18.1 Å². The minimum absolute atomic E-state index is 0.228. The van der Waals surface area contributed by atoms with Gasteiger partial charge < -0.3 is 14.8 Å². The molecule has 0 saturated carbocycles. The van der Waals surface area contributed by atoms with E-state index >= 15 is 0 Å². The van der Waals surface area contributed by atoms with Crippen LogP contribution < -0.4 is 14.8 Å². The van der Waals surface area contributed by atoms with Crippen molar-refractivity contribution in [1.29, 1.82) is 0 Å². The van der Waals surface area contributed by atoms with E-state index < -0.39 is 17.1 Å². The van der Waals surface area contributed by atoms with Crippen LogP contribution in [0.5, 0.6) is 11.5 Å². The average molecular weight is 490 g/mol. The van der Waals surface area contributed by atoms with Crippen molar-refractivity contribution >= 4 is 40.6 Å². The van der Waals surface area contributed by atoms with Gasteiger partial charge in [0.15, 0.2) is 11.5 Å². The first-order valence-corrected chi connectivity index (χ1v) is 11.6. The number of aryl methyl sites for hydroxylation is 1. The van der Waals surface area contributed by atoms with E-state index in [4.69, 9.17) is 9.47 Å². The van der Waals surface area contributed by atoms with Gasteiger partial charge in [-0.1, -0.05) is 24.3 Å². The van der Waals surface area contributed by atoms with E-state index in [9.17, 15) is 14.4 Å². The number of thioether (sulfide) groups is 1. The third kappa shape index (κ3) is 5.88. The number of aromatic nitrogens is 1. The summed E-state index contributed by atoms with van der Waals surface area (Å²) in [5.41, 5.74) is 3.15. The Balaban J connectivity index is 1.43. The number of carbonyl (C=O) groups excluding carboxylic acids is 3. The van der Waals surface area contributed by atoms with E-state index in [0.717, 1.165) is 27.8 Å². The Labute approximate surface area is 206 Å². The predicted octanol–water partition coefficient (Wildman–Crippen LogP) is 4.65. The zero-order valence-electron chi connectivity index (χ0n) is 19.2. The number of benzene rings is 2. The highest BCUT2D eigenvalue weighted by Gasteiger charge is 2.36. The molecule has 0 aliphatic carbocycles. The maximum Gasteiger partial charge on any atom is 0.294 e. The summed E-state index contributed by atoms with van der Waals surface area (Å²) in [7, 11) is 1.53. The summed E-state index contributed by atoms with van der Waals surface area (Å²) in [5.74, 6) is 0.0734. The van der Waals surface area contributed by atoms with Gasteiger partial charge in [0.05, 0.1) is 12.0 Å². The molecule has 1 aliphatic heterocycles. The fraction of sp³-hybridized carbons (Fsp3) is 0.154. The van der Waals surface area contributed by atoms with Crippen LogP contribution in [-0.4, -0.2) is 40.6 Å². The average Bonchev–Trinajstić information content (AvgIpc) is 3.12. The number of rotatable bonds is 8. The number of hydrogen-bond acceptors (Lipinski definition) is 7. The van der Waals surface area contributed by atoms with Gasteiger partial charge in [-0.2, -0.15) is 0 Å². The van der Waals surface area contributed by atoms with E-state index in [1.165, 1.54) is 7.11 Å². The van der Waals surface area contributed by atoms with Gasteiger partial charge in [-0.3, -0.25) is 24.3 Å². The summed E-state index contributed by atoms with van der Waals surface area (Å²) in [6, 6.07) is 16.2. The Bertz CT molecular complexity index is 1290. The predicted molar refractivity (Wildman–Crippen MR) is 134 cm³/mol. The Kier molecular flexibility index (Phi) is 7.47. The standard InChI is InChI=1S/C26H23N3O5S/c1-17-5-3-4-6-20(17)28-24(30)15-29-25(31)23(35-26(29)32)14-19-7-8-21(22(13-19)33-2)34-16-18-9-11-27-12-10-18/h3-14H,15-16H2,1-2H3,(H,28,30)/b23-14+. The van der Waals surface area contributed by atoms with Crippen molar-refractivity contribution in [3.8, 4) is 11.5 Å². The van der Waals surface area contributed by atoms with Crippen molar-refractivity contribution in [2.24, 2.45) is 0 Å². The van der Waals surface area contributed by atoms with E-state index in [0.29, 0.717) is 29.4 Å². The quantitative estimate of drug-likeness (QED) is 0.460. The number of carbonyl (C=O) groups is 3. The molecule has 3 aromatic rings. The minimum atomic E-state index is -0.517. The number of ether oxygens (including phenoxy) is 2. The zero-order valence-corrected chi connectivity index (χ0v) is 20.0. The Morgan fingerprint density at radius 3 is 2.60 bits per heavy atom. The molecule has 1 aromatic heterocycles. The minimum Gasteiger partial charge on any atom is -0.493 e. The van der Waals surface area contributed by atoms with Crippen LogP contribution in [0.15, 0.2) is 71.9 Å². The summed E-state index contributed by atoms with van der Waals surface area (Å²) in [6.07, 6.45) is 4.98. The fourth-order valence-corrected chi connectivity index (χ4v) is 4.21. The van der Waals surface area contributed by atoms with Crippen molar-refractivity contribution in [1.82, 2.24) is 9.88 Å². The molecule has 2 heterocycles. The van der Waals surface area contributed by atoms with Gasteiger partial charge in [0.25, 0.3) is 11.1 Å². The smallest absolute Gasteiger partial charge is 0.294 e. The van der Waals surface area contributed by atoms with Crippen molar-refractivity contribution < 1.29 is 23.9 Å².